The van der Waals surface area contributed by atoms with E-state index in [9.17, 15) is 0 Å². The molecule has 2 aromatic heterocycles. The first-order valence-corrected chi connectivity index (χ1v) is 8.80. The van der Waals surface area contributed by atoms with Gasteiger partial charge in [0.15, 0.2) is 5.65 Å². The lowest BCUT2D eigenvalue weighted by molar-refractivity contribution is 0.0280. The summed E-state index contributed by atoms with van der Waals surface area (Å²) in [6.45, 7) is 3.02. The van der Waals surface area contributed by atoms with Crippen molar-refractivity contribution in [2.45, 2.75) is 44.6 Å². The number of aromatic nitrogens is 4. The molecule has 1 aliphatic carbocycles. The van der Waals surface area contributed by atoms with Crippen LogP contribution in [0.1, 0.15) is 38.5 Å². The number of rotatable bonds is 4. The number of hydrogen-bond donors (Lipinski definition) is 0. The Hall–Kier alpha value is -1.69. The summed E-state index contributed by atoms with van der Waals surface area (Å²) in [5, 5.41) is 5.36. The third-order valence-corrected chi connectivity index (χ3v) is 5.29. The Labute approximate surface area is 136 Å². The van der Waals surface area contributed by atoms with Gasteiger partial charge in [-0.25, -0.2) is 9.97 Å². The molecule has 1 saturated heterocycles. The van der Waals surface area contributed by atoms with Crippen molar-refractivity contribution in [3.63, 3.8) is 0 Å². The molecule has 0 N–H and O–H groups in total. The lowest BCUT2D eigenvalue weighted by Crippen LogP contribution is -2.36. The van der Waals surface area contributed by atoms with E-state index in [1.807, 2.05) is 17.9 Å². The molecule has 0 atom stereocenters. The topological polar surface area (TPSA) is 56.1 Å². The largest absolute Gasteiger partial charge is 0.378 e. The molecule has 2 aliphatic rings. The van der Waals surface area contributed by atoms with Crippen LogP contribution in [0.5, 0.6) is 0 Å². The van der Waals surface area contributed by atoms with E-state index in [0.29, 0.717) is 12.0 Å². The molecule has 6 nitrogen and oxygen atoms in total. The Kier molecular flexibility index (Phi) is 4.16. The zero-order valence-electron chi connectivity index (χ0n) is 13.8. The fourth-order valence-electron chi connectivity index (χ4n) is 3.84. The number of nitrogens with zero attached hydrogens (tertiary/aromatic N) is 5. The smallest absolute Gasteiger partial charge is 0.163 e. The third-order valence-electron chi connectivity index (χ3n) is 5.29. The van der Waals surface area contributed by atoms with Gasteiger partial charge in [0, 0.05) is 26.7 Å². The average molecular weight is 315 g/mol. The van der Waals surface area contributed by atoms with Crippen LogP contribution in [0.3, 0.4) is 0 Å². The van der Waals surface area contributed by atoms with Crippen molar-refractivity contribution in [3.8, 4) is 0 Å². The van der Waals surface area contributed by atoms with Crippen molar-refractivity contribution in [2.24, 2.45) is 13.0 Å². The summed E-state index contributed by atoms with van der Waals surface area (Å²) in [7, 11) is 1.92. The fourth-order valence-corrected chi connectivity index (χ4v) is 3.84. The maximum atomic E-state index is 6.10. The van der Waals surface area contributed by atoms with Crippen LogP contribution in [0.25, 0.3) is 11.0 Å². The number of ether oxygens (including phenoxy) is 1. The maximum absolute atomic E-state index is 6.10. The summed E-state index contributed by atoms with van der Waals surface area (Å²) in [6, 6.07) is 0. The molecule has 4 rings (SSSR count). The van der Waals surface area contributed by atoms with E-state index in [1.165, 1.54) is 38.5 Å². The van der Waals surface area contributed by atoms with E-state index in [-0.39, 0.29) is 0 Å². The SMILES string of the molecule is Cn1ncc2c(N3CCC(COC4CCCC4)CC3)ncnc21. The minimum Gasteiger partial charge on any atom is -0.378 e. The highest BCUT2D eigenvalue weighted by Crippen LogP contribution is 2.28. The summed E-state index contributed by atoms with van der Waals surface area (Å²) in [4.78, 5) is 11.2. The first-order valence-electron chi connectivity index (χ1n) is 8.80. The monoisotopic (exact) mass is 315 g/mol. The summed E-state index contributed by atoms with van der Waals surface area (Å²) >= 11 is 0. The van der Waals surface area contributed by atoms with E-state index >= 15 is 0 Å². The first kappa shape index (κ1) is 14.9. The lowest BCUT2D eigenvalue weighted by Gasteiger charge is -2.33. The Morgan fingerprint density at radius 2 is 1.91 bits per heavy atom. The first-order chi connectivity index (χ1) is 11.3. The van der Waals surface area contributed by atoms with Gasteiger partial charge < -0.3 is 9.64 Å². The minimum atomic E-state index is 0.532. The van der Waals surface area contributed by atoms with Crippen LogP contribution in [0.4, 0.5) is 5.82 Å². The Bertz CT molecular complexity index is 656. The molecule has 1 saturated carbocycles. The molecule has 6 heteroatoms. The minimum absolute atomic E-state index is 0.532. The summed E-state index contributed by atoms with van der Waals surface area (Å²) < 4.78 is 7.91. The zero-order chi connectivity index (χ0) is 15.6. The molecule has 124 valence electrons. The van der Waals surface area contributed by atoms with Crippen molar-refractivity contribution in [1.29, 1.82) is 0 Å². The van der Waals surface area contributed by atoms with Gasteiger partial charge in [-0.2, -0.15) is 5.10 Å². The Morgan fingerprint density at radius 3 is 2.70 bits per heavy atom. The maximum Gasteiger partial charge on any atom is 0.163 e. The van der Waals surface area contributed by atoms with E-state index < -0.39 is 0 Å². The van der Waals surface area contributed by atoms with E-state index in [2.05, 4.69) is 20.0 Å². The predicted molar refractivity (Wildman–Crippen MR) is 89.4 cm³/mol. The van der Waals surface area contributed by atoms with Gasteiger partial charge in [-0.05, 0) is 31.6 Å². The molecule has 2 fully saturated rings. The van der Waals surface area contributed by atoms with Crippen molar-refractivity contribution in [3.05, 3.63) is 12.5 Å². The highest BCUT2D eigenvalue weighted by Gasteiger charge is 2.24. The summed E-state index contributed by atoms with van der Waals surface area (Å²) in [5.41, 5.74) is 0.904. The number of hydrogen-bond acceptors (Lipinski definition) is 5. The summed E-state index contributed by atoms with van der Waals surface area (Å²) in [6.07, 6.45) is 11.6. The van der Waals surface area contributed by atoms with E-state index in [4.69, 9.17) is 4.74 Å². The normalized spacial score (nSPS) is 20.7. The molecule has 2 aromatic rings. The van der Waals surface area contributed by atoms with Crippen molar-refractivity contribution in [1.82, 2.24) is 19.7 Å². The van der Waals surface area contributed by atoms with E-state index in [0.717, 1.165) is 36.5 Å². The van der Waals surface area contributed by atoms with Gasteiger partial charge in [0.2, 0.25) is 0 Å². The highest BCUT2D eigenvalue weighted by atomic mass is 16.5. The zero-order valence-corrected chi connectivity index (χ0v) is 13.8. The van der Waals surface area contributed by atoms with Gasteiger partial charge in [-0.15, -0.1) is 0 Å². The third kappa shape index (κ3) is 3.04. The molecule has 0 unspecified atom stereocenters. The van der Waals surface area contributed by atoms with Gasteiger partial charge in [-0.3, -0.25) is 4.68 Å². The fraction of sp³-hybridized carbons (Fsp3) is 0.706. The van der Waals surface area contributed by atoms with Crippen molar-refractivity contribution >= 4 is 16.9 Å². The Balaban J connectivity index is 1.37. The second-order valence-electron chi connectivity index (χ2n) is 6.87. The molecular weight excluding hydrogens is 290 g/mol. The molecular formula is C17H25N5O. The quantitative estimate of drug-likeness (QED) is 0.868. The number of piperidine rings is 1. The van der Waals surface area contributed by atoms with Gasteiger partial charge in [0.1, 0.15) is 12.1 Å². The number of fused-ring (bicyclic) bond motifs is 1. The molecule has 0 bridgehead atoms. The highest BCUT2D eigenvalue weighted by molar-refractivity contribution is 5.86. The van der Waals surface area contributed by atoms with Gasteiger partial charge >= 0.3 is 0 Å². The van der Waals surface area contributed by atoms with E-state index in [1.54, 1.807) is 6.33 Å². The average Bonchev–Trinajstić information content (AvgIpc) is 3.24. The van der Waals surface area contributed by atoms with Crippen LogP contribution in [0.2, 0.25) is 0 Å². The van der Waals surface area contributed by atoms with Crippen molar-refractivity contribution in [2.75, 3.05) is 24.6 Å². The molecule has 0 amide bonds. The molecule has 1 aliphatic heterocycles. The van der Waals surface area contributed by atoms with Gasteiger partial charge in [-0.1, -0.05) is 12.8 Å². The predicted octanol–water partition coefficient (Wildman–Crippen LogP) is 2.54. The number of aryl methyl sites for hydroxylation is 1. The van der Waals surface area contributed by atoms with Crippen LogP contribution in [-0.2, 0) is 11.8 Å². The Morgan fingerprint density at radius 1 is 1.13 bits per heavy atom. The molecule has 0 aromatic carbocycles. The van der Waals surface area contributed by atoms with Crippen LogP contribution in [0.15, 0.2) is 12.5 Å². The van der Waals surface area contributed by atoms with Crippen LogP contribution in [-0.4, -0.2) is 45.5 Å². The lowest BCUT2D eigenvalue weighted by atomic mass is 9.97. The van der Waals surface area contributed by atoms with Crippen molar-refractivity contribution < 1.29 is 4.74 Å². The molecule has 23 heavy (non-hydrogen) atoms. The molecule has 0 spiro atoms. The second kappa shape index (κ2) is 6.43. The van der Waals surface area contributed by atoms with Crippen LogP contribution >= 0.6 is 0 Å². The molecule has 3 heterocycles. The number of anilines is 1. The van der Waals surface area contributed by atoms with Gasteiger partial charge in [0.05, 0.1) is 17.7 Å². The van der Waals surface area contributed by atoms with Crippen LogP contribution in [0, 0.1) is 5.92 Å². The summed E-state index contributed by atoms with van der Waals surface area (Å²) in [5.74, 6) is 1.72. The van der Waals surface area contributed by atoms with Crippen LogP contribution < -0.4 is 4.90 Å². The van der Waals surface area contributed by atoms with Gasteiger partial charge in [0.25, 0.3) is 0 Å². The second-order valence-corrected chi connectivity index (χ2v) is 6.87. The standard InChI is InChI=1S/C17H25N5O/c1-21-16-15(10-20-21)17(19-12-18-16)22-8-6-13(7-9-22)11-23-14-4-2-3-5-14/h10,12-14H,2-9,11H2,1H3. The molecule has 0 radical (unpaired) electrons.